The first kappa shape index (κ1) is 16.2. The first-order valence-corrected chi connectivity index (χ1v) is 8.45. The molecule has 5 nitrogen and oxygen atoms in total. The lowest BCUT2D eigenvalue weighted by Crippen LogP contribution is -2.18. The fourth-order valence-electron chi connectivity index (χ4n) is 2.05. The normalized spacial score (nSPS) is 11.1. The molecule has 1 amide bonds. The van der Waals surface area contributed by atoms with E-state index in [9.17, 15) is 13.2 Å². The Bertz CT molecular complexity index is 725. The summed E-state index contributed by atoms with van der Waals surface area (Å²) in [5.74, 6) is -0.509. The van der Waals surface area contributed by atoms with Crippen molar-refractivity contribution in [3.05, 3.63) is 65.7 Å². The van der Waals surface area contributed by atoms with Gasteiger partial charge < -0.3 is 0 Å². The summed E-state index contributed by atoms with van der Waals surface area (Å²) in [4.78, 5) is 11.3. The van der Waals surface area contributed by atoms with Gasteiger partial charge in [0, 0.05) is 6.42 Å². The van der Waals surface area contributed by atoms with Gasteiger partial charge >= 0.3 is 0 Å². The highest BCUT2D eigenvalue weighted by atomic mass is 32.2. The average Bonchev–Trinajstić information content (AvgIpc) is 2.54. The van der Waals surface area contributed by atoms with Gasteiger partial charge in [-0.3, -0.25) is 10.0 Å². The van der Waals surface area contributed by atoms with E-state index in [2.05, 4.69) is 0 Å². The predicted octanol–water partition coefficient (Wildman–Crippen LogP) is 2.10. The number of nitrogens with one attached hydrogen (secondary N) is 1. The quantitative estimate of drug-likeness (QED) is 0.631. The second kappa shape index (κ2) is 7.20. The molecule has 22 heavy (non-hydrogen) atoms. The van der Waals surface area contributed by atoms with Gasteiger partial charge in [0.1, 0.15) is 0 Å². The second-order valence-electron chi connectivity index (χ2n) is 4.92. The summed E-state index contributed by atoms with van der Waals surface area (Å²) in [6, 6.07) is 15.4. The fourth-order valence-corrected chi connectivity index (χ4v) is 3.42. The van der Waals surface area contributed by atoms with Crippen molar-refractivity contribution in [1.82, 2.24) is 5.48 Å². The first-order chi connectivity index (χ1) is 10.5. The topological polar surface area (TPSA) is 83.5 Å². The Balaban J connectivity index is 2.04. The van der Waals surface area contributed by atoms with Gasteiger partial charge in [-0.15, -0.1) is 0 Å². The number of hydrogen-bond acceptors (Lipinski definition) is 4. The van der Waals surface area contributed by atoms with Crippen molar-refractivity contribution in [2.24, 2.45) is 0 Å². The molecule has 0 aliphatic heterocycles. The molecular formula is C16H17NO4S. The van der Waals surface area contributed by atoms with Crippen LogP contribution in [0.25, 0.3) is 0 Å². The molecule has 116 valence electrons. The number of aryl methyl sites for hydroxylation is 1. The Kier molecular flexibility index (Phi) is 5.30. The minimum Gasteiger partial charge on any atom is -0.289 e. The van der Waals surface area contributed by atoms with Crippen LogP contribution in [-0.4, -0.2) is 19.5 Å². The molecule has 6 heteroatoms. The van der Waals surface area contributed by atoms with Crippen molar-refractivity contribution in [2.75, 3.05) is 0 Å². The van der Waals surface area contributed by atoms with Gasteiger partial charge in [-0.1, -0.05) is 42.5 Å². The third-order valence-corrected chi connectivity index (χ3v) is 4.95. The molecule has 0 bridgehead atoms. The third-order valence-electron chi connectivity index (χ3n) is 3.25. The average molecular weight is 319 g/mol. The molecule has 2 N–H and O–H groups in total. The highest BCUT2D eigenvalue weighted by Gasteiger charge is 2.14. The van der Waals surface area contributed by atoms with E-state index in [-0.39, 0.29) is 12.2 Å². The van der Waals surface area contributed by atoms with Gasteiger partial charge in [-0.2, -0.15) is 0 Å². The summed E-state index contributed by atoms with van der Waals surface area (Å²) in [5.41, 5.74) is 3.18. The number of amides is 1. The summed E-state index contributed by atoms with van der Waals surface area (Å²) >= 11 is 0. The van der Waals surface area contributed by atoms with Crippen LogP contribution in [0.2, 0.25) is 0 Å². The van der Waals surface area contributed by atoms with E-state index in [1.807, 2.05) is 0 Å². The van der Waals surface area contributed by atoms with Crippen molar-refractivity contribution in [1.29, 1.82) is 0 Å². The molecule has 0 saturated heterocycles. The van der Waals surface area contributed by atoms with Crippen LogP contribution < -0.4 is 5.48 Å². The lowest BCUT2D eigenvalue weighted by atomic mass is 10.1. The van der Waals surface area contributed by atoms with Crippen LogP contribution in [0.15, 0.2) is 59.5 Å². The lowest BCUT2D eigenvalue weighted by Gasteiger charge is -2.06. The van der Waals surface area contributed by atoms with Crippen molar-refractivity contribution >= 4 is 15.7 Å². The minimum atomic E-state index is -3.35. The zero-order valence-electron chi connectivity index (χ0n) is 11.9. The molecule has 0 saturated carbocycles. The highest BCUT2D eigenvalue weighted by Crippen LogP contribution is 2.16. The maximum atomic E-state index is 12.3. The number of sulfone groups is 1. The molecule has 0 spiro atoms. The maximum Gasteiger partial charge on any atom is 0.243 e. The third kappa shape index (κ3) is 4.41. The first-order valence-electron chi connectivity index (χ1n) is 6.80. The SMILES string of the molecule is O=C(CCc1ccc(CS(=O)(=O)c2ccccc2)cc1)NO. The van der Waals surface area contributed by atoms with E-state index in [0.29, 0.717) is 16.9 Å². The highest BCUT2D eigenvalue weighted by molar-refractivity contribution is 7.90. The molecule has 2 rings (SSSR count). The second-order valence-corrected chi connectivity index (χ2v) is 6.91. The van der Waals surface area contributed by atoms with Crippen LogP contribution in [0.3, 0.4) is 0 Å². The molecule has 2 aromatic carbocycles. The fraction of sp³-hybridized carbons (Fsp3) is 0.188. The van der Waals surface area contributed by atoms with Gasteiger partial charge in [0.05, 0.1) is 10.6 Å². The van der Waals surface area contributed by atoms with Gasteiger partial charge in [0.2, 0.25) is 5.91 Å². The lowest BCUT2D eigenvalue weighted by molar-refractivity contribution is -0.129. The molecule has 0 atom stereocenters. The molecular weight excluding hydrogens is 302 g/mol. The van der Waals surface area contributed by atoms with E-state index in [4.69, 9.17) is 5.21 Å². The Hall–Kier alpha value is -2.18. The Labute approximate surface area is 129 Å². The van der Waals surface area contributed by atoms with Crippen molar-refractivity contribution < 1.29 is 18.4 Å². The van der Waals surface area contributed by atoms with E-state index < -0.39 is 15.7 Å². The van der Waals surface area contributed by atoms with Crippen molar-refractivity contribution in [3.63, 3.8) is 0 Å². The smallest absolute Gasteiger partial charge is 0.243 e. The Morgan fingerprint density at radius 2 is 1.55 bits per heavy atom. The van der Waals surface area contributed by atoms with Crippen LogP contribution >= 0.6 is 0 Å². The summed E-state index contributed by atoms with van der Waals surface area (Å²) in [7, 11) is -3.35. The van der Waals surface area contributed by atoms with Crippen LogP contribution in [0.4, 0.5) is 0 Å². The number of benzene rings is 2. The number of hydroxylamine groups is 1. The monoisotopic (exact) mass is 319 g/mol. The van der Waals surface area contributed by atoms with Gasteiger partial charge in [-0.25, -0.2) is 13.9 Å². The molecule has 0 aromatic heterocycles. The largest absolute Gasteiger partial charge is 0.289 e. The maximum absolute atomic E-state index is 12.3. The zero-order chi connectivity index (χ0) is 16.0. The Morgan fingerprint density at radius 1 is 0.955 bits per heavy atom. The van der Waals surface area contributed by atoms with Crippen molar-refractivity contribution in [3.8, 4) is 0 Å². The standard InChI is InChI=1S/C16H17NO4S/c18-16(17-19)11-10-13-6-8-14(9-7-13)12-22(20,21)15-4-2-1-3-5-15/h1-9,19H,10-12H2,(H,17,18). The minimum absolute atomic E-state index is 0.0611. The molecule has 0 fully saturated rings. The summed E-state index contributed by atoms with van der Waals surface area (Å²) < 4.78 is 24.5. The van der Waals surface area contributed by atoms with Gasteiger partial charge in [-0.05, 0) is 29.7 Å². The molecule has 0 radical (unpaired) electrons. The van der Waals surface area contributed by atoms with Crippen LogP contribution in [-0.2, 0) is 26.8 Å². The Morgan fingerprint density at radius 3 is 2.14 bits per heavy atom. The predicted molar refractivity (Wildman–Crippen MR) is 82.0 cm³/mol. The zero-order valence-corrected chi connectivity index (χ0v) is 12.7. The number of carbonyl (C=O) groups is 1. The summed E-state index contributed by atoms with van der Waals surface area (Å²) in [6.07, 6.45) is 0.663. The molecule has 0 aliphatic rings. The van der Waals surface area contributed by atoms with Crippen LogP contribution in [0.1, 0.15) is 17.5 Å². The molecule has 2 aromatic rings. The van der Waals surface area contributed by atoms with Crippen LogP contribution in [0, 0.1) is 0 Å². The van der Waals surface area contributed by atoms with E-state index in [1.54, 1.807) is 60.1 Å². The van der Waals surface area contributed by atoms with E-state index in [1.165, 1.54) is 0 Å². The van der Waals surface area contributed by atoms with E-state index in [0.717, 1.165) is 5.56 Å². The number of rotatable bonds is 6. The van der Waals surface area contributed by atoms with Crippen molar-refractivity contribution in [2.45, 2.75) is 23.5 Å². The summed E-state index contributed by atoms with van der Waals surface area (Å²) in [6.45, 7) is 0. The number of carbonyl (C=O) groups excluding carboxylic acids is 1. The van der Waals surface area contributed by atoms with E-state index >= 15 is 0 Å². The van der Waals surface area contributed by atoms with Crippen LogP contribution in [0.5, 0.6) is 0 Å². The molecule has 0 aliphatic carbocycles. The summed E-state index contributed by atoms with van der Waals surface area (Å²) in [5, 5.41) is 8.43. The number of hydrogen-bond donors (Lipinski definition) is 2. The van der Waals surface area contributed by atoms with Gasteiger partial charge in [0.15, 0.2) is 9.84 Å². The molecule has 0 unspecified atom stereocenters. The molecule has 0 heterocycles. The van der Waals surface area contributed by atoms with Gasteiger partial charge in [0.25, 0.3) is 0 Å².